The quantitative estimate of drug-likeness (QED) is 0.548. The molecule has 0 fully saturated rings. The number of aromatic nitrogens is 5. The summed E-state index contributed by atoms with van der Waals surface area (Å²) in [6.07, 6.45) is 8.29. The summed E-state index contributed by atoms with van der Waals surface area (Å²) in [5, 5.41) is 6.22. The monoisotopic (exact) mass is 376 g/mol. The number of rotatable bonds is 4. The van der Waals surface area contributed by atoms with Crippen molar-refractivity contribution >= 4 is 38.3 Å². The fraction of sp³-hybridized carbons (Fsp3) is 0.211. The van der Waals surface area contributed by atoms with Gasteiger partial charge >= 0.3 is 0 Å². The third-order valence-electron chi connectivity index (χ3n) is 4.65. The Morgan fingerprint density at radius 3 is 3.00 bits per heavy atom. The van der Waals surface area contributed by atoms with E-state index in [1.807, 2.05) is 42.0 Å². The third kappa shape index (κ3) is 2.69. The molecule has 4 aromatic rings. The van der Waals surface area contributed by atoms with E-state index in [2.05, 4.69) is 15.1 Å². The molecule has 1 aliphatic rings. The van der Waals surface area contributed by atoms with Crippen LogP contribution in [0.1, 0.15) is 10.7 Å². The Labute approximate surface area is 158 Å². The average Bonchev–Trinajstić information content (AvgIpc) is 3.38. The molecule has 7 nitrogen and oxygen atoms in total. The van der Waals surface area contributed by atoms with Gasteiger partial charge in [-0.15, -0.1) is 11.3 Å². The Morgan fingerprint density at radius 2 is 2.22 bits per heavy atom. The van der Waals surface area contributed by atoms with Crippen molar-refractivity contribution in [3.8, 4) is 0 Å². The van der Waals surface area contributed by atoms with Gasteiger partial charge in [-0.3, -0.25) is 14.8 Å². The minimum atomic E-state index is -0.129. The summed E-state index contributed by atoms with van der Waals surface area (Å²) in [4.78, 5) is 26.4. The smallest absolute Gasteiger partial charge is 0.291 e. The Kier molecular flexibility index (Phi) is 3.71. The number of aliphatic imine (C=N–C) groups is 1. The molecule has 0 unspecified atom stereocenters. The lowest BCUT2D eigenvalue weighted by molar-refractivity contribution is 0.633. The van der Waals surface area contributed by atoms with Crippen LogP contribution in [0, 0.1) is 0 Å². The van der Waals surface area contributed by atoms with Crippen LogP contribution in [0.15, 0.2) is 52.5 Å². The number of thiazole rings is 1. The predicted octanol–water partition coefficient (Wildman–Crippen LogP) is 2.34. The van der Waals surface area contributed by atoms with Gasteiger partial charge in [-0.25, -0.2) is 9.67 Å². The van der Waals surface area contributed by atoms with E-state index in [9.17, 15) is 4.79 Å². The molecule has 0 bridgehead atoms. The van der Waals surface area contributed by atoms with E-state index in [-0.39, 0.29) is 5.56 Å². The van der Waals surface area contributed by atoms with Crippen LogP contribution in [-0.2, 0) is 20.0 Å². The maximum absolute atomic E-state index is 13.0. The van der Waals surface area contributed by atoms with Crippen molar-refractivity contribution in [3.63, 3.8) is 0 Å². The summed E-state index contributed by atoms with van der Waals surface area (Å²) in [5.41, 5.74) is 3.17. The molecule has 0 atom stereocenters. The van der Waals surface area contributed by atoms with Crippen LogP contribution in [0.3, 0.4) is 0 Å². The standard InChI is InChI=1S/C19H16N6OS/c1-24-16-14(10-22-25(19(16)26)11-13-5-2-3-7-21-13)17-18(24)23-15(27-17)9-12-6-4-8-20-12/h2-7,10H,8-9,11H2,1H3. The van der Waals surface area contributed by atoms with Gasteiger partial charge in [0, 0.05) is 30.8 Å². The zero-order chi connectivity index (χ0) is 18.4. The van der Waals surface area contributed by atoms with Crippen molar-refractivity contribution in [1.82, 2.24) is 24.3 Å². The minimum Gasteiger partial charge on any atom is -0.323 e. The molecule has 134 valence electrons. The van der Waals surface area contributed by atoms with E-state index in [0.29, 0.717) is 12.1 Å². The molecule has 0 N–H and O–H groups in total. The third-order valence-corrected chi connectivity index (χ3v) is 5.73. The lowest BCUT2D eigenvalue weighted by Gasteiger charge is -2.05. The molecule has 0 amide bonds. The van der Waals surface area contributed by atoms with Crippen molar-refractivity contribution in [1.29, 1.82) is 0 Å². The molecule has 1 aliphatic heterocycles. The zero-order valence-corrected chi connectivity index (χ0v) is 15.5. The highest BCUT2D eigenvalue weighted by molar-refractivity contribution is 7.19. The number of hydrogen-bond acceptors (Lipinski definition) is 6. The Bertz CT molecular complexity index is 1280. The van der Waals surface area contributed by atoms with Crippen LogP contribution in [0.5, 0.6) is 0 Å². The van der Waals surface area contributed by atoms with Crippen LogP contribution in [0.25, 0.3) is 21.3 Å². The molecule has 0 radical (unpaired) electrons. The molecule has 5 heterocycles. The Balaban J connectivity index is 1.59. The van der Waals surface area contributed by atoms with Gasteiger partial charge in [0.15, 0.2) is 5.65 Å². The summed E-state index contributed by atoms with van der Waals surface area (Å²) < 4.78 is 4.32. The molecular formula is C19H16N6OS. The number of fused-ring (bicyclic) bond motifs is 3. The molecule has 0 saturated heterocycles. The maximum atomic E-state index is 13.0. The number of allylic oxidation sites excluding steroid dienone is 1. The normalized spacial score (nSPS) is 13.7. The van der Waals surface area contributed by atoms with E-state index < -0.39 is 0 Å². The first-order chi connectivity index (χ1) is 13.2. The van der Waals surface area contributed by atoms with Crippen molar-refractivity contribution in [2.45, 2.75) is 13.0 Å². The summed E-state index contributed by atoms with van der Waals surface area (Å²) in [5.74, 6) is 0. The largest absolute Gasteiger partial charge is 0.323 e. The van der Waals surface area contributed by atoms with Gasteiger partial charge in [0.25, 0.3) is 5.56 Å². The first kappa shape index (κ1) is 16.1. The lowest BCUT2D eigenvalue weighted by Crippen LogP contribution is -2.24. The van der Waals surface area contributed by atoms with Crippen LogP contribution >= 0.6 is 11.3 Å². The highest BCUT2D eigenvalue weighted by atomic mass is 32.1. The summed E-state index contributed by atoms with van der Waals surface area (Å²) >= 11 is 1.61. The summed E-state index contributed by atoms with van der Waals surface area (Å²) in [7, 11) is 1.88. The molecule has 5 rings (SSSR count). The highest BCUT2D eigenvalue weighted by Crippen LogP contribution is 2.31. The molecule has 0 spiro atoms. The average molecular weight is 376 g/mol. The van der Waals surface area contributed by atoms with Gasteiger partial charge < -0.3 is 4.57 Å². The van der Waals surface area contributed by atoms with Crippen LogP contribution in [0.4, 0.5) is 0 Å². The maximum Gasteiger partial charge on any atom is 0.291 e. The highest BCUT2D eigenvalue weighted by Gasteiger charge is 2.19. The topological polar surface area (TPSA) is 78.0 Å². The van der Waals surface area contributed by atoms with Gasteiger partial charge in [-0.05, 0) is 18.2 Å². The second-order valence-corrected chi connectivity index (χ2v) is 7.50. The van der Waals surface area contributed by atoms with Crippen LogP contribution in [0.2, 0.25) is 0 Å². The molecular weight excluding hydrogens is 360 g/mol. The summed E-state index contributed by atoms with van der Waals surface area (Å²) in [6, 6.07) is 5.64. The molecule has 0 saturated carbocycles. The second kappa shape index (κ2) is 6.24. The van der Waals surface area contributed by atoms with Crippen molar-refractivity contribution in [2.24, 2.45) is 12.0 Å². The van der Waals surface area contributed by atoms with E-state index in [1.165, 1.54) is 4.68 Å². The zero-order valence-electron chi connectivity index (χ0n) is 14.7. The molecule has 8 heteroatoms. The van der Waals surface area contributed by atoms with Crippen molar-refractivity contribution in [3.05, 3.63) is 63.8 Å². The van der Waals surface area contributed by atoms with Gasteiger partial charge in [0.1, 0.15) is 10.5 Å². The van der Waals surface area contributed by atoms with Gasteiger partial charge in [0.2, 0.25) is 0 Å². The second-order valence-electron chi connectivity index (χ2n) is 6.42. The number of hydrogen-bond donors (Lipinski definition) is 0. The fourth-order valence-corrected chi connectivity index (χ4v) is 4.47. The lowest BCUT2D eigenvalue weighted by atomic mass is 10.3. The van der Waals surface area contributed by atoms with Gasteiger partial charge in [0.05, 0.1) is 29.7 Å². The fourth-order valence-electron chi connectivity index (χ4n) is 3.35. The molecule has 0 aromatic carbocycles. The number of pyridine rings is 1. The van der Waals surface area contributed by atoms with Crippen LogP contribution < -0.4 is 5.56 Å². The number of nitrogens with zero attached hydrogens (tertiary/aromatic N) is 6. The first-order valence-corrected chi connectivity index (χ1v) is 9.46. The van der Waals surface area contributed by atoms with Crippen molar-refractivity contribution < 1.29 is 0 Å². The summed E-state index contributed by atoms with van der Waals surface area (Å²) in [6.45, 7) is 1.10. The van der Waals surface area contributed by atoms with Crippen LogP contribution in [-0.4, -0.2) is 36.6 Å². The Hall–Kier alpha value is -3.13. The van der Waals surface area contributed by atoms with E-state index in [1.54, 1.807) is 23.7 Å². The first-order valence-electron chi connectivity index (χ1n) is 8.64. The van der Waals surface area contributed by atoms with Gasteiger partial charge in [-0.2, -0.15) is 5.10 Å². The minimum absolute atomic E-state index is 0.129. The molecule has 4 aromatic heterocycles. The Morgan fingerprint density at radius 1 is 1.30 bits per heavy atom. The van der Waals surface area contributed by atoms with Gasteiger partial charge in [-0.1, -0.05) is 12.1 Å². The SMILES string of the molecule is Cn1c2nc(CC3=NCC=C3)sc2c2cnn(Cc3ccccn3)c(=O)c21. The van der Waals surface area contributed by atoms with Crippen molar-refractivity contribution in [2.75, 3.05) is 6.54 Å². The number of aryl methyl sites for hydroxylation is 1. The van der Waals surface area contributed by atoms with E-state index in [4.69, 9.17) is 4.98 Å². The predicted molar refractivity (Wildman–Crippen MR) is 107 cm³/mol. The molecule has 27 heavy (non-hydrogen) atoms. The molecule has 0 aliphatic carbocycles. The van der Waals surface area contributed by atoms with E-state index >= 15 is 0 Å². The van der Waals surface area contributed by atoms with E-state index in [0.717, 1.165) is 45.1 Å².